The molecule has 0 aliphatic heterocycles. The predicted octanol–water partition coefficient (Wildman–Crippen LogP) is 1.98. The van der Waals surface area contributed by atoms with Crippen LogP contribution in [0.1, 0.15) is 5.82 Å². The van der Waals surface area contributed by atoms with Crippen molar-refractivity contribution in [2.45, 2.75) is 15.8 Å². The Morgan fingerprint density at radius 1 is 1.27 bits per heavy atom. The van der Waals surface area contributed by atoms with Crippen LogP contribution in [0.15, 0.2) is 52.0 Å². The highest BCUT2D eigenvalue weighted by Gasteiger charge is 2.20. The van der Waals surface area contributed by atoms with Crippen LogP contribution in [0.5, 0.6) is 0 Å². The maximum atomic E-state index is 12.4. The monoisotopic (exact) mass is 409 g/mol. The summed E-state index contributed by atoms with van der Waals surface area (Å²) in [4.78, 5) is 16.1. The third-order valence-corrected chi connectivity index (χ3v) is 6.69. The van der Waals surface area contributed by atoms with E-state index in [1.54, 1.807) is 53.5 Å². The molecule has 136 valence electrons. The van der Waals surface area contributed by atoms with E-state index < -0.39 is 9.84 Å². The van der Waals surface area contributed by atoms with E-state index in [-0.39, 0.29) is 22.3 Å². The molecule has 26 heavy (non-hydrogen) atoms. The van der Waals surface area contributed by atoms with Crippen molar-refractivity contribution in [1.29, 1.82) is 0 Å². The van der Waals surface area contributed by atoms with Crippen LogP contribution in [0.4, 0.5) is 5.13 Å². The van der Waals surface area contributed by atoms with E-state index in [0.717, 1.165) is 0 Å². The highest BCUT2D eigenvalue weighted by molar-refractivity contribution is 7.99. The van der Waals surface area contributed by atoms with Gasteiger partial charge in [-0.1, -0.05) is 30.0 Å². The van der Waals surface area contributed by atoms with Gasteiger partial charge in [-0.2, -0.15) is 0 Å². The second kappa shape index (κ2) is 7.98. The largest absolute Gasteiger partial charge is 0.308 e. The first kappa shape index (κ1) is 18.5. The summed E-state index contributed by atoms with van der Waals surface area (Å²) in [6, 6.07) is 8.19. The zero-order valence-electron chi connectivity index (χ0n) is 13.7. The van der Waals surface area contributed by atoms with Crippen molar-refractivity contribution in [2.24, 2.45) is 7.05 Å². The van der Waals surface area contributed by atoms with Crippen LogP contribution in [-0.2, 0) is 27.4 Å². The van der Waals surface area contributed by atoms with Gasteiger partial charge in [0.25, 0.3) is 0 Å². The minimum Gasteiger partial charge on any atom is -0.308 e. The Kier molecular flexibility index (Phi) is 5.69. The number of nitrogens with one attached hydrogen (secondary N) is 1. The fourth-order valence-electron chi connectivity index (χ4n) is 2.05. The van der Waals surface area contributed by atoms with Gasteiger partial charge in [0.1, 0.15) is 11.6 Å². The average molecular weight is 410 g/mol. The lowest BCUT2D eigenvalue weighted by molar-refractivity contribution is -0.113. The van der Waals surface area contributed by atoms with Gasteiger partial charge in [0.15, 0.2) is 20.1 Å². The molecule has 0 fully saturated rings. The smallest absolute Gasteiger partial charge is 0.236 e. The van der Waals surface area contributed by atoms with Gasteiger partial charge in [-0.15, -0.1) is 21.5 Å². The highest BCUT2D eigenvalue weighted by atomic mass is 32.2. The number of nitrogens with zero attached hydrogens (tertiary/aromatic N) is 4. The van der Waals surface area contributed by atoms with Crippen LogP contribution in [0.2, 0.25) is 0 Å². The fraction of sp³-hybridized carbons (Fsp3) is 0.200. The molecule has 2 heterocycles. The molecule has 2 aromatic heterocycles. The van der Waals surface area contributed by atoms with E-state index in [2.05, 4.69) is 20.5 Å². The van der Waals surface area contributed by atoms with Crippen LogP contribution in [0.25, 0.3) is 0 Å². The molecule has 1 N–H and O–H groups in total. The lowest BCUT2D eigenvalue weighted by atomic mass is 10.4. The Bertz CT molecular complexity index is 985. The predicted molar refractivity (Wildman–Crippen MR) is 99.8 cm³/mol. The normalized spacial score (nSPS) is 11.4. The second-order valence-corrected chi connectivity index (χ2v) is 9.03. The molecule has 0 aliphatic carbocycles. The average Bonchev–Trinajstić information content (AvgIpc) is 3.25. The molecule has 1 aromatic carbocycles. The summed E-state index contributed by atoms with van der Waals surface area (Å²) in [6.07, 6.45) is 1.61. The standard InChI is InChI=1S/C15H15N5O3S3/c1-20-12(10-26(22,23)11-5-3-2-4-6-11)18-19-15(20)25-9-13(21)17-14-16-7-8-24-14/h2-8H,9-10H2,1H3,(H,16,17,21). The molecule has 0 spiro atoms. The molecule has 0 atom stereocenters. The first-order valence-corrected chi connectivity index (χ1v) is 11.0. The van der Waals surface area contributed by atoms with Crippen molar-refractivity contribution in [3.63, 3.8) is 0 Å². The number of amides is 1. The van der Waals surface area contributed by atoms with Crippen LogP contribution in [0.3, 0.4) is 0 Å². The van der Waals surface area contributed by atoms with Gasteiger partial charge in [-0.3, -0.25) is 4.79 Å². The Hall–Kier alpha value is -2.24. The number of anilines is 1. The highest BCUT2D eigenvalue weighted by Crippen LogP contribution is 2.20. The van der Waals surface area contributed by atoms with Gasteiger partial charge in [-0.05, 0) is 12.1 Å². The molecule has 3 rings (SSSR count). The van der Waals surface area contributed by atoms with Crippen molar-refractivity contribution in [2.75, 3.05) is 11.1 Å². The Morgan fingerprint density at radius 2 is 2.04 bits per heavy atom. The zero-order chi connectivity index (χ0) is 18.6. The SMILES string of the molecule is Cn1c(CS(=O)(=O)c2ccccc2)nnc1SCC(=O)Nc1nccs1. The number of hydrogen-bond donors (Lipinski definition) is 1. The molecule has 1 amide bonds. The van der Waals surface area contributed by atoms with Crippen LogP contribution >= 0.6 is 23.1 Å². The molecule has 3 aromatic rings. The van der Waals surface area contributed by atoms with Gasteiger partial charge >= 0.3 is 0 Å². The molecule has 0 saturated carbocycles. The van der Waals surface area contributed by atoms with E-state index in [0.29, 0.717) is 16.1 Å². The minimum absolute atomic E-state index is 0.122. The molecule has 0 saturated heterocycles. The molecule has 0 aliphatic rings. The van der Waals surface area contributed by atoms with Crippen molar-refractivity contribution < 1.29 is 13.2 Å². The third-order valence-electron chi connectivity index (χ3n) is 3.36. The minimum atomic E-state index is -3.51. The van der Waals surface area contributed by atoms with Gasteiger partial charge < -0.3 is 9.88 Å². The number of carbonyl (C=O) groups is 1. The van der Waals surface area contributed by atoms with Gasteiger partial charge in [-0.25, -0.2) is 13.4 Å². The summed E-state index contributed by atoms with van der Waals surface area (Å²) in [7, 11) is -1.83. The molecule has 0 bridgehead atoms. The fourth-order valence-corrected chi connectivity index (χ4v) is 4.65. The molecule has 8 nitrogen and oxygen atoms in total. The summed E-state index contributed by atoms with van der Waals surface area (Å²) >= 11 is 2.51. The van der Waals surface area contributed by atoms with E-state index in [4.69, 9.17) is 0 Å². The zero-order valence-corrected chi connectivity index (χ0v) is 16.1. The van der Waals surface area contributed by atoms with Crippen molar-refractivity contribution in [1.82, 2.24) is 19.7 Å². The maximum absolute atomic E-state index is 12.4. The first-order valence-electron chi connectivity index (χ1n) is 7.44. The number of benzene rings is 1. The van der Waals surface area contributed by atoms with Crippen LogP contribution < -0.4 is 5.32 Å². The number of thioether (sulfide) groups is 1. The quantitative estimate of drug-likeness (QED) is 0.595. The lowest BCUT2D eigenvalue weighted by Gasteiger charge is -2.05. The van der Waals surface area contributed by atoms with Crippen molar-refractivity contribution in [3.8, 4) is 0 Å². The van der Waals surface area contributed by atoms with Crippen molar-refractivity contribution >= 4 is 44.0 Å². The number of aromatic nitrogens is 4. The Morgan fingerprint density at radius 3 is 2.73 bits per heavy atom. The first-order chi connectivity index (χ1) is 12.5. The van der Waals surface area contributed by atoms with E-state index in [1.807, 2.05) is 0 Å². The second-order valence-electron chi connectivity index (χ2n) is 5.20. The van der Waals surface area contributed by atoms with Gasteiger partial charge in [0.05, 0.1) is 10.6 Å². The Labute approximate surface area is 158 Å². The summed E-state index contributed by atoms with van der Waals surface area (Å²) in [5.41, 5.74) is 0. The molecule has 11 heteroatoms. The van der Waals surface area contributed by atoms with Gasteiger partial charge in [0, 0.05) is 18.6 Å². The van der Waals surface area contributed by atoms with E-state index in [9.17, 15) is 13.2 Å². The summed E-state index contributed by atoms with van der Waals surface area (Å²) in [5, 5.41) is 13.4. The number of hydrogen-bond acceptors (Lipinski definition) is 8. The third kappa shape index (κ3) is 4.48. The number of carbonyl (C=O) groups excluding carboxylic acids is 1. The number of thiazole rings is 1. The number of sulfone groups is 1. The molecule has 0 radical (unpaired) electrons. The molecule has 0 unspecified atom stereocenters. The number of rotatable bonds is 7. The van der Waals surface area contributed by atoms with Crippen LogP contribution in [-0.4, -0.2) is 39.8 Å². The lowest BCUT2D eigenvalue weighted by Crippen LogP contribution is -2.14. The Balaban J connectivity index is 1.63. The summed E-state index contributed by atoms with van der Waals surface area (Å²) < 4.78 is 26.5. The maximum Gasteiger partial charge on any atom is 0.236 e. The summed E-state index contributed by atoms with van der Waals surface area (Å²) in [6.45, 7) is 0. The topological polar surface area (TPSA) is 107 Å². The van der Waals surface area contributed by atoms with Crippen LogP contribution in [0, 0.1) is 0 Å². The van der Waals surface area contributed by atoms with Gasteiger partial charge in [0.2, 0.25) is 5.91 Å². The van der Waals surface area contributed by atoms with Crippen molar-refractivity contribution in [3.05, 3.63) is 47.7 Å². The van der Waals surface area contributed by atoms with E-state index in [1.165, 1.54) is 23.1 Å². The molecular weight excluding hydrogens is 394 g/mol. The molecular formula is C15H15N5O3S3. The summed E-state index contributed by atoms with van der Waals surface area (Å²) in [5.74, 6) is -0.0355. The van der Waals surface area contributed by atoms with E-state index >= 15 is 0 Å².